The molecule has 5 rings (SSSR count). The predicted molar refractivity (Wildman–Crippen MR) is 97.1 cm³/mol. The van der Waals surface area contributed by atoms with Crippen LogP contribution in [-0.2, 0) is 6.54 Å². The number of hydrogen-bond donors (Lipinski definition) is 1. The Morgan fingerprint density at radius 2 is 1.92 bits per heavy atom. The third-order valence-corrected chi connectivity index (χ3v) is 5.34. The van der Waals surface area contributed by atoms with Gasteiger partial charge in [0, 0.05) is 30.9 Å². The summed E-state index contributed by atoms with van der Waals surface area (Å²) in [5.41, 5.74) is 1.07. The van der Waals surface area contributed by atoms with Crippen molar-refractivity contribution in [2.75, 3.05) is 26.7 Å². The van der Waals surface area contributed by atoms with Gasteiger partial charge in [-0.15, -0.1) is 0 Å². The molecule has 0 unspecified atom stereocenters. The minimum Gasteiger partial charge on any atom is -0.493 e. The highest BCUT2D eigenvalue weighted by Gasteiger charge is 2.33. The van der Waals surface area contributed by atoms with Crippen LogP contribution in [0.5, 0.6) is 17.4 Å². The number of aromatic nitrogens is 1. The highest BCUT2D eigenvalue weighted by Crippen LogP contribution is 2.32. The first-order chi connectivity index (χ1) is 12.3. The Hall–Kier alpha value is -2.11. The Kier molecular flexibility index (Phi) is 4.85. The van der Waals surface area contributed by atoms with Crippen molar-refractivity contribution in [1.29, 1.82) is 0 Å². The van der Waals surface area contributed by atoms with Crippen LogP contribution in [0.3, 0.4) is 0 Å². The molecule has 0 saturated carbocycles. The van der Waals surface area contributed by atoms with Crippen LogP contribution in [0.2, 0.25) is 0 Å². The van der Waals surface area contributed by atoms with Crippen LogP contribution < -0.4 is 14.8 Å². The quantitative estimate of drug-likeness (QED) is 0.876. The normalized spacial score (nSPS) is 24.9. The number of hydrogen-bond acceptors (Lipinski definition) is 5. The molecule has 0 spiro atoms. The standard InChI is InChI=1S/C20H25N3O2/c1-24-18-6-2-3-7-19(18)25-20-16(5-4-10-21-20)13-22-17-14-23-11-8-15(17)9-12-23/h2-7,10,15,17,22H,8-9,11-14H2,1H3/t17-/m0/s1. The lowest BCUT2D eigenvalue weighted by Gasteiger charge is -2.45. The lowest BCUT2D eigenvalue weighted by molar-refractivity contribution is 0.0719. The zero-order chi connectivity index (χ0) is 17.1. The maximum Gasteiger partial charge on any atom is 0.223 e. The maximum absolute atomic E-state index is 6.05. The second kappa shape index (κ2) is 7.42. The van der Waals surface area contributed by atoms with E-state index in [-0.39, 0.29) is 0 Å². The van der Waals surface area contributed by atoms with Crippen molar-refractivity contribution in [3.8, 4) is 17.4 Å². The SMILES string of the molecule is COc1ccccc1Oc1ncccc1CN[C@H]1CN2CCC1CC2. The van der Waals surface area contributed by atoms with Gasteiger partial charge in [-0.3, -0.25) is 0 Å². The third kappa shape index (κ3) is 3.62. The smallest absolute Gasteiger partial charge is 0.223 e. The molecule has 3 fully saturated rings. The number of benzene rings is 1. The van der Waals surface area contributed by atoms with E-state index in [9.17, 15) is 0 Å². The minimum absolute atomic E-state index is 0.571. The predicted octanol–water partition coefficient (Wildman–Crippen LogP) is 3.07. The molecular formula is C20H25N3O2. The molecule has 25 heavy (non-hydrogen) atoms. The van der Waals surface area contributed by atoms with E-state index >= 15 is 0 Å². The van der Waals surface area contributed by atoms with E-state index in [2.05, 4.69) is 21.3 Å². The van der Waals surface area contributed by atoms with Gasteiger partial charge in [0.1, 0.15) is 0 Å². The number of nitrogens with zero attached hydrogens (tertiary/aromatic N) is 2. The average molecular weight is 339 g/mol. The van der Waals surface area contributed by atoms with Crippen molar-refractivity contribution in [2.45, 2.75) is 25.4 Å². The molecule has 132 valence electrons. The van der Waals surface area contributed by atoms with Crippen LogP contribution in [0.4, 0.5) is 0 Å². The van der Waals surface area contributed by atoms with E-state index in [1.54, 1.807) is 13.3 Å². The average Bonchev–Trinajstić information content (AvgIpc) is 2.69. The molecule has 1 aromatic carbocycles. The third-order valence-electron chi connectivity index (χ3n) is 5.34. The highest BCUT2D eigenvalue weighted by atomic mass is 16.5. The van der Waals surface area contributed by atoms with Crippen LogP contribution in [-0.4, -0.2) is 42.7 Å². The summed E-state index contributed by atoms with van der Waals surface area (Å²) in [5.74, 6) is 2.85. The van der Waals surface area contributed by atoms with Gasteiger partial charge < -0.3 is 19.7 Å². The van der Waals surface area contributed by atoms with Gasteiger partial charge in [-0.05, 0) is 50.0 Å². The van der Waals surface area contributed by atoms with E-state index in [0.717, 1.165) is 24.6 Å². The number of para-hydroxylation sites is 2. The molecule has 1 N–H and O–H groups in total. The van der Waals surface area contributed by atoms with E-state index in [1.807, 2.05) is 30.3 Å². The topological polar surface area (TPSA) is 46.6 Å². The van der Waals surface area contributed by atoms with E-state index in [1.165, 1.54) is 25.9 Å². The molecule has 4 heterocycles. The molecular weight excluding hydrogens is 314 g/mol. The van der Waals surface area contributed by atoms with Gasteiger partial charge >= 0.3 is 0 Å². The first-order valence-electron chi connectivity index (χ1n) is 9.04. The number of nitrogens with one attached hydrogen (secondary N) is 1. The summed E-state index contributed by atoms with van der Waals surface area (Å²) in [6, 6.07) is 12.3. The molecule has 3 saturated heterocycles. The van der Waals surface area contributed by atoms with Crippen LogP contribution in [0.25, 0.3) is 0 Å². The fourth-order valence-corrected chi connectivity index (χ4v) is 3.90. The van der Waals surface area contributed by atoms with Crippen molar-refractivity contribution in [1.82, 2.24) is 15.2 Å². The Bertz CT molecular complexity index is 714. The van der Waals surface area contributed by atoms with Gasteiger partial charge in [0.15, 0.2) is 11.5 Å². The lowest BCUT2D eigenvalue weighted by atomic mass is 9.84. The molecule has 3 aliphatic heterocycles. The van der Waals surface area contributed by atoms with Crippen molar-refractivity contribution in [2.24, 2.45) is 5.92 Å². The van der Waals surface area contributed by atoms with Crippen LogP contribution in [0.15, 0.2) is 42.6 Å². The van der Waals surface area contributed by atoms with Crippen LogP contribution in [0, 0.1) is 5.92 Å². The van der Waals surface area contributed by atoms with Crippen molar-refractivity contribution in [3.05, 3.63) is 48.2 Å². The molecule has 2 bridgehead atoms. The number of piperidine rings is 3. The van der Waals surface area contributed by atoms with Crippen LogP contribution >= 0.6 is 0 Å². The van der Waals surface area contributed by atoms with Gasteiger partial charge in [0.2, 0.25) is 5.88 Å². The molecule has 0 amide bonds. The first-order valence-corrected chi connectivity index (χ1v) is 9.04. The largest absolute Gasteiger partial charge is 0.493 e. The van der Waals surface area contributed by atoms with Gasteiger partial charge in [-0.25, -0.2) is 4.98 Å². The van der Waals surface area contributed by atoms with E-state index < -0.39 is 0 Å². The molecule has 5 nitrogen and oxygen atoms in total. The number of methoxy groups -OCH3 is 1. The summed E-state index contributed by atoms with van der Waals surface area (Å²) < 4.78 is 11.4. The van der Waals surface area contributed by atoms with Gasteiger partial charge in [0.05, 0.1) is 7.11 Å². The summed E-state index contributed by atoms with van der Waals surface area (Å²) in [4.78, 5) is 7.00. The molecule has 1 aromatic heterocycles. The second-order valence-corrected chi connectivity index (χ2v) is 6.85. The molecule has 1 atom stereocenters. The Morgan fingerprint density at radius 1 is 1.12 bits per heavy atom. The van der Waals surface area contributed by atoms with Gasteiger partial charge in [-0.1, -0.05) is 18.2 Å². The zero-order valence-electron chi connectivity index (χ0n) is 14.6. The fourth-order valence-electron chi connectivity index (χ4n) is 3.90. The monoisotopic (exact) mass is 339 g/mol. The fraction of sp³-hybridized carbons (Fsp3) is 0.450. The van der Waals surface area contributed by atoms with Crippen molar-refractivity contribution in [3.63, 3.8) is 0 Å². The molecule has 2 aromatic rings. The maximum atomic E-state index is 6.05. The number of rotatable bonds is 6. The van der Waals surface area contributed by atoms with Crippen molar-refractivity contribution < 1.29 is 9.47 Å². The summed E-state index contributed by atoms with van der Waals surface area (Å²) >= 11 is 0. The van der Waals surface area contributed by atoms with Gasteiger partial charge in [0.25, 0.3) is 0 Å². The van der Waals surface area contributed by atoms with Crippen LogP contribution in [0.1, 0.15) is 18.4 Å². The van der Waals surface area contributed by atoms with Gasteiger partial charge in [-0.2, -0.15) is 0 Å². The summed E-state index contributed by atoms with van der Waals surface area (Å²) in [6.45, 7) is 4.46. The summed E-state index contributed by atoms with van der Waals surface area (Å²) in [6.07, 6.45) is 4.40. The Balaban J connectivity index is 1.46. The first kappa shape index (κ1) is 16.4. The molecule has 3 aliphatic rings. The summed E-state index contributed by atoms with van der Waals surface area (Å²) in [5, 5.41) is 3.73. The van der Waals surface area contributed by atoms with E-state index in [0.29, 0.717) is 23.4 Å². The number of ether oxygens (including phenoxy) is 2. The summed E-state index contributed by atoms with van der Waals surface area (Å²) in [7, 11) is 1.65. The molecule has 5 heteroatoms. The minimum atomic E-state index is 0.571. The van der Waals surface area contributed by atoms with E-state index in [4.69, 9.17) is 9.47 Å². The molecule has 0 radical (unpaired) electrons. The Morgan fingerprint density at radius 3 is 2.64 bits per heavy atom. The lowest BCUT2D eigenvalue weighted by Crippen LogP contribution is -2.55. The Labute approximate surface area is 149 Å². The zero-order valence-corrected chi connectivity index (χ0v) is 14.6. The highest BCUT2D eigenvalue weighted by molar-refractivity contribution is 5.42. The number of pyridine rings is 1. The van der Waals surface area contributed by atoms with Crippen molar-refractivity contribution >= 4 is 0 Å². The molecule has 0 aliphatic carbocycles. The second-order valence-electron chi connectivity index (χ2n) is 6.85. The number of fused-ring (bicyclic) bond motifs is 3.